The molecule has 3 rings (SSSR count). The van der Waals surface area contributed by atoms with Crippen LogP contribution in [0.25, 0.3) is 12.2 Å². The average Bonchev–Trinajstić information content (AvgIpc) is 2.69. The third-order valence-electron chi connectivity index (χ3n) is 4.57. The zero-order valence-electron chi connectivity index (χ0n) is 15.6. The van der Waals surface area contributed by atoms with Gasteiger partial charge in [0.25, 0.3) is 0 Å². The van der Waals surface area contributed by atoms with Gasteiger partial charge in [0.2, 0.25) is 5.43 Å². The minimum Gasteiger partial charge on any atom is -0.503 e. The van der Waals surface area contributed by atoms with Gasteiger partial charge in [-0.3, -0.25) is 9.69 Å². The van der Waals surface area contributed by atoms with E-state index in [9.17, 15) is 9.90 Å². The second kappa shape index (κ2) is 9.39. The molecule has 0 unspecified atom stereocenters. The zero-order chi connectivity index (χ0) is 19.1. The third kappa shape index (κ3) is 5.70. The maximum atomic E-state index is 11.6. The second-order valence-corrected chi connectivity index (χ2v) is 6.62. The molecule has 1 saturated heterocycles. The number of nitrogens with zero attached hydrogens (tertiary/aromatic N) is 2. The average molecular weight is 370 g/mol. The Hall–Kier alpha value is -2.57. The van der Waals surface area contributed by atoms with Crippen LogP contribution < -0.4 is 10.2 Å². The Labute approximate surface area is 159 Å². The van der Waals surface area contributed by atoms with E-state index in [1.807, 2.05) is 36.4 Å². The lowest BCUT2D eigenvalue weighted by Gasteiger charge is -2.26. The van der Waals surface area contributed by atoms with E-state index in [0.29, 0.717) is 6.61 Å². The number of aromatic nitrogens is 1. The van der Waals surface area contributed by atoms with Gasteiger partial charge in [-0.05, 0) is 30.2 Å². The predicted molar refractivity (Wildman–Crippen MR) is 106 cm³/mol. The van der Waals surface area contributed by atoms with Crippen molar-refractivity contribution in [2.24, 2.45) is 7.05 Å². The van der Waals surface area contributed by atoms with Gasteiger partial charge in [-0.15, -0.1) is 0 Å². The van der Waals surface area contributed by atoms with Crippen molar-refractivity contribution in [3.05, 3.63) is 58.0 Å². The first-order valence-electron chi connectivity index (χ1n) is 9.22. The van der Waals surface area contributed by atoms with E-state index in [1.165, 1.54) is 12.3 Å². The molecule has 1 aromatic heterocycles. The smallest absolute Gasteiger partial charge is 0.223 e. The van der Waals surface area contributed by atoms with E-state index < -0.39 is 0 Å². The standard InChI is InChI=1S/C21H26N2O4/c1-22-16-21(25)20(24)15-18(22)6-3-17-4-7-19(8-5-17)27-12-2-9-23-10-13-26-14-11-23/h3-8,15-16,25H,2,9-14H2,1H3/b6-3+. The molecule has 6 nitrogen and oxygen atoms in total. The highest BCUT2D eigenvalue weighted by molar-refractivity contribution is 5.68. The van der Waals surface area contributed by atoms with E-state index in [0.717, 1.165) is 56.3 Å². The van der Waals surface area contributed by atoms with Gasteiger partial charge < -0.3 is 19.1 Å². The lowest BCUT2D eigenvalue weighted by atomic mass is 10.2. The lowest BCUT2D eigenvalue weighted by molar-refractivity contribution is 0.0358. The molecule has 1 aliphatic rings. The number of rotatable bonds is 7. The zero-order valence-corrected chi connectivity index (χ0v) is 15.6. The van der Waals surface area contributed by atoms with Crippen LogP contribution in [0.2, 0.25) is 0 Å². The first-order valence-corrected chi connectivity index (χ1v) is 9.22. The molecular formula is C21H26N2O4. The SMILES string of the molecule is Cn1cc(O)c(=O)cc1/C=C/c1ccc(OCCCN2CCOCC2)cc1. The fraction of sp³-hybridized carbons (Fsp3) is 0.381. The molecule has 1 fully saturated rings. The van der Waals surface area contributed by atoms with Crippen LogP contribution >= 0.6 is 0 Å². The first kappa shape index (κ1) is 19.2. The monoisotopic (exact) mass is 370 g/mol. The van der Waals surface area contributed by atoms with Crippen LogP contribution in [-0.2, 0) is 11.8 Å². The summed E-state index contributed by atoms with van der Waals surface area (Å²) in [7, 11) is 1.78. The fourth-order valence-corrected chi connectivity index (χ4v) is 2.96. The summed E-state index contributed by atoms with van der Waals surface area (Å²) in [6.07, 6.45) is 6.18. The number of aryl methyl sites for hydroxylation is 1. The molecule has 2 heterocycles. The predicted octanol–water partition coefficient (Wildman–Crippen LogP) is 2.36. The second-order valence-electron chi connectivity index (χ2n) is 6.62. The van der Waals surface area contributed by atoms with Gasteiger partial charge in [0, 0.05) is 44.6 Å². The van der Waals surface area contributed by atoms with Gasteiger partial charge in [-0.2, -0.15) is 0 Å². The Balaban J connectivity index is 1.48. The van der Waals surface area contributed by atoms with Crippen LogP contribution in [0.1, 0.15) is 17.7 Å². The summed E-state index contributed by atoms with van der Waals surface area (Å²) in [4.78, 5) is 14.0. The minimum atomic E-state index is -0.381. The number of hydrogen-bond acceptors (Lipinski definition) is 5. The Bertz CT molecular complexity index is 821. The Morgan fingerprint density at radius 2 is 1.93 bits per heavy atom. The summed E-state index contributed by atoms with van der Waals surface area (Å²) in [6.45, 7) is 5.40. The number of pyridine rings is 1. The first-order chi connectivity index (χ1) is 13.1. The third-order valence-corrected chi connectivity index (χ3v) is 4.57. The Kier molecular flexibility index (Phi) is 6.68. The number of aromatic hydroxyl groups is 1. The molecule has 0 atom stereocenters. The summed E-state index contributed by atoms with van der Waals surface area (Å²) in [5.74, 6) is 0.607. The fourth-order valence-electron chi connectivity index (χ4n) is 2.96. The molecule has 0 bridgehead atoms. The summed E-state index contributed by atoms with van der Waals surface area (Å²) in [6, 6.07) is 9.27. The van der Waals surface area contributed by atoms with E-state index in [-0.39, 0.29) is 11.2 Å². The highest BCUT2D eigenvalue weighted by Gasteiger charge is 2.09. The van der Waals surface area contributed by atoms with Gasteiger partial charge in [-0.25, -0.2) is 0 Å². The maximum absolute atomic E-state index is 11.6. The van der Waals surface area contributed by atoms with E-state index in [2.05, 4.69) is 4.90 Å². The summed E-state index contributed by atoms with van der Waals surface area (Å²) < 4.78 is 12.9. The van der Waals surface area contributed by atoms with Crippen LogP contribution in [0.5, 0.6) is 11.5 Å². The Morgan fingerprint density at radius 1 is 1.19 bits per heavy atom. The summed E-state index contributed by atoms with van der Waals surface area (Å²) >= 11 is 0. The van der Waals surface area contributed by atoms with Crippen LogP contribution in [0.4, 0.5) is 0 Å². The number of ether oxygens (including phenoxy) is 2. The van der Waals surface area contributed by atoms with E-state index in [4.69, 9.17) is 9.47 Å². The van der Waals surface area contributed by atoms with Crippen LogP contribution in [0.15, 0.2) is 41.3 Å². The molecule has 0 aliphatic carbocycles. The van der Waals surface area contributed by atoms with Gasteiger partial charge >= 0.3 is 0 Å². The molecule has 1 N–H and O–H groups in total. The highest BCUT2D eigenvalue weighted by Crippen LogP contribution is 2.15. The van der Waals surface area contributed by atoms with Crippen LogP contribution in [-0.4, -0.2) is 54.0 Å². The van der Waals surface area contributed by atoms with Crippen molar-refractivity contribution in [2.45, 2.75) is 6.42 Å². The highest BCUT2D eigenvalue weighted by atomic mass is 16.5. The normalized spacial score (nSPS) is 15.3. The van der Waals surface area contributed by atoms with Crippen LogP contribution in [0, 0.1) is 0 Å². The largest absolute Gasteiger partial charge is 0.503 e. The van der Waals surface area contributed by atoms with Crippen molar-refractivity contribution in [1.29, 1.82) is 0 Å². The van der Waals surface area contributed by atoms with Crippen molar-refractivity contribution < 1.29 is 14.6 Å². The van der Waals surface area contributed by atoms with Crippen LogP contribution in [0.3, 0.4) is 0 Å². The maximum Gasteiger partial charge on any atom is 0.223 e. The molecule has 0 saturated carbocycles. The lowest BCUT2D eigenvalue weighted by Crippen LogP contribution is -2.37. The molecule has 1 aromatic carbocycles. The van der Waals surface area contributed by atoms with Gasteiger partial charge in [0.1, 0.15) is 5.75 Å². The van der Waals surface area contributed by atoms with Crippen molar-refractivity contribution >= 4 is 12.2 Å². The van der Waals surface area contributed by atoms with E-state index >= 15 is 0 Å². The minimum absolute atomic E-state index is 0.246. The molecule has 0 amide bonds. The molecule has 0 spiro atoms. The van der Waals surface area contributed by atoms with Crippen molar-refractivity contribution in [3.8, 4) is 11.5 Å². The molecule has 6 heteroatoms. The van der Waals surface area contributed by atoms with E-state index in [1.54, 1.807) is 11.6 Å². The molecule has 0 radical (unpaired) electrons. The molecule has 2 aromatic rings. The van der Waals surface area contributed by atoms with Crippen molar-refractivity contribution in [1.82, 2.24) is 9.47 Å². The molecule has 27 heavy (non-hydrogen) atoms. The van der Waals surface area contributed by atoms with Gasteiger partial charge in [0.15, 0.2) is 5.75 Å². The van der Waals surface area contributed by atoms with Crippen molar-refractivity contribution in [3.63, 3.8) is 0 Å². The van der Waals surface area contributed by atoms with Gasteiger partial charge in [0.05, 0.1) is 19.8 Å². The van der Waals surface area contributed by atoms with Gasteiger partial charge in [-0.1, -0.05) is 18.2 Å². The molecular weight excluding hydrogens is 344 g/mol. The quantitative estimate of drug-likeness (QED) is 0.758. The topological polar surface area (TPSA) is 63.9 Å². The summed E-state index contributed by atoms with van der Waals surface area (Å²) in [5, 5.41) is 9.42. The molecule has 1 aliphatic heterocycles. The number of benzene rings is 1. The Morgan fingerprint density at radius 3 is 2.67 bits per heavy atom. The number of morpholine rings is 1. The molecule has 144 valence electrons. The number of hydrogen-bond donors (Lipinski definition) is 1. The van der Waals surface area contributed by atoms with Crippen molar-refractivity contribution in [2.75, 3.05) is 39.5 Å². The summed E-state index contributed by atoms with van der Waals surface area (Å²) in [5.41, 5.74) is 1.35.